The third-order valence-corrected chi connectivity index (χ3v) is 5.64. The highest BCUT2D eigenvalue weighted by atomic mass is 35.5. The fraction of sp³-hybridized carbons (Fsp3) is 0.185. The molecule has 180 valence electrons. The number of rotatable bonds is 7. The highest BCUT2D eigenvalue weighted by Gasteiger charge is 2.15. The van der Waals surface area contributed by atoms with Crippen molar-refractivity contribution in [3.8, 4) is 17.2 Å². The normalized spacial score (nSPS) is 11.0. The summed E-state index contributed by atoms with van der Waals surface area (Å²) in [6.07, 6.45) is 0. The van der Waals surface area contributed by atoms with Gasteiger partial charge in [-0.15, -0.1) is 0 Å². The molecule has 0 unspecified atom stereocenters. The second-order valence-corrected chi connectivity index (χ2v) is 8.67. The van der Waals surface area contributed by atoms with E-state index in [-0.39, 0.29) is 28.5 Å². The van der Waals surface area contributed by atoms with Crippen LogP contribution in [-0.2, 0) is 4.79 Å². The first-order valence-corrected chi connectivity index (χ1v) is 11.3. The Hall–Kier alpha value is -3.84. The highest BCUT2D eigenvalue weighted by molar-refractivity contribution is 6.33. The van der Waals surface area contributed by atoms with Gasteiger partial charge < -0.3 is 19.2 Å². The van der Waals surface area contributed by atoms with E-state index in [0.717, 1.165) is 6.07 Å². The van der Waals surface area contributed by atoms with E-state index in [1.807, 2.05) is 24.3 Å². The van der Waals surface area contributed by atoms with Crippen molar-refractivity contribution in [1.29, 1.82) is 0 Å². The summed E-state index contributed by atoms with van der Waals surface area (Å²) in [4.78, 5) is 25.2. The molecule has 0 spiro atoms. The number of hydrogen-bond donors (Lipinski definition) is 1. The van der Waals surface area contributed by atoms with Gasteiger partial charge in [0.1, 0.15) is 28.7 Å². The number of benzene rings is 3. The summed E-state index contributed by atoms with van der Waals surface area (Å²) in [5, 5.41) is 2.95. The van der Waals surface area contributed by atoms with Crippen LogP contribution in [0.15, 0.2) is 69.9 Å². The average Bonchev–Trinajstić information content (AvgIpc) is 2.82. The number of carbonyl (C=O) groups is 1. The number of aryl methyl sites for hydroxylation is 1. The molecule has 1 N–H and O–H groups in total. The van der Waals surface area contributed by atoms with Crippen LogP contribution < -0.4 is 20.2 Å². The fourth-order valence-corrected chi connectivity index (χ4v) is 3.66. The first-order chi connectivity index (χ1) is 16.7. The maximum atomic E-state index is 13.2. The molecule has 3 aromatic carbocycles. The zero-order valence-corrected chi connectivity index (χ0v) is 20.1. The lowest BCUT2D eigenvalue weighted by molar-refractivity contribution is -0.118. The molecular formula is C27H23ClFNO5. The monoisotopic (exact) mass is 495 g/mol. The van der Waals surface area contributed by atoms with Crippen molar-refractivity contribution in [2.24, 2.45) is 0 Å². The quantitative estimate of drug-likeness (QED) is 0.304. The summed E-state index contributed by atoms with van der Waals surface area (Å²) in [6.45, 7) is 5.52. The summed E-state index contributed by atoms with van der Waals surface area (Å²) in [5.41, 5.74) is 1.43. The molecule has 4 aromatic rings. The third-order valence-electron chi connectivity index (χ3n) is 5.33. The number of nitrogens with one attached hydrogen (secondary N) is 1. The summed E-state index contributed by atoms with van der Waals surface area (Å²) >= 11 is 5.92. The van der Waals surface area contributed by atoms with E-state index in [1.165, 1.54) is 23.8 Å². The summed E-state index contributed by atoms with van der Waals surface area (Å²) < 4.78 is 30.3. The van der Waals surface area contributed by atoms with Gasteiger partial charge in [0.05, 0.1) is 16.1 Å². The van der Waals surface area contributed by atoms with Crippen LogP contribution in [0, 0.1) is 12.7 Å². The molecule has 1 amide bonds. The number of ether oxygens (including phenoxy) is 2. The fourth-order valence-electron chi connectivity index (χ4n) is 3.44. The molecule has 0 aliphatic rings. The van der Waals surface area contributed by atoms with Crippen LogP contribution in [0.3, 0.4) is 0 Å². The summed E-state index contributed by atoms with van der Waals surface area (Å²) in [6, 6.07) is 15.9. The van der Waals surface area contributed by atoms with E-state index in [1.54, 1.807) is 19.1 Å². The molecule has 0 aliphatic heterocycles. The molecule has 8 heteroatoms. The molecule has 0 fully saturated rings. The lowest BCUT2D eigenvalue weighted by atomic mass is 10.0. The van der Waals surface area contributed by atoms with Crippen LogP contribution in [0.5, 0.6) is 17.2 Å². The predicted molar refractivity (Wildman–Crippen MR) is 133 cm³/mol. The van der Waals surface area contributed by atoms with Crippen LogP contribution in [0.25, 0.3) is 11.0 Å². The van der Waals surface area contributed by atoms with E-state index >= 15 is 0 Å². The molecule has 1 aromatic heterocycles. The Bertz CT molecular complexity index is 1450. The minimum atomic E-state index is -0.505. The van der Waals surface area contributed by atoms with Crippen molar-refractivity contribution in [3.63, 3.8) is 0 Å². The molecule has 35 heavy (non-hydrogen) atoms. The van der Waals surface area contributed by atoms with E-state index < -0.39 is 11.7 Å². The number of carbonyl (C=O) groups excluding carboxylic acids is 1. The first kappa shape index (κ1) is 24.3. The van der Waals surface area contributed by atoms with Crippen LogP contribution in [0.1, 0.15) is 31.1 Å². The molecule has 4 rings (SSSR count). The number of amides is 1. The molecule has 0 radical (unpaired) electrons. The Kier molecular flexibility index (Phi) is 7.07. The molecular weight excluding hydrogens is 473 g/mol. The molecule has 0 saturated carbocycles. The molecule has 0 atom stereocenters. The Labute approximate surface area is 206 Å². The van der Waals surface area contributed by atoms with Gasteiger partial charge >= 0.3 is 0 Å². The van der Waals surface area contributed by atoms with E-state index in [9.17, 15) is 14.0 Å². The van der Waals surface area contributed by atoms with Crippen LogP contribution in [-0.4, -0.2) is 12.5 Å². The number of fused-ring (bicyclic) bond motifs is 1. The lowest BCUT2D eigenvalue weighted by Crippen LogP contribution is -2.20. The van der Waals surface area contributed by atoms with Gasteiger partial charge in [-0.1, -0.05) is 37.6 Å². The maximum Gasteiger partial charge on any atom is 0.262 e. The summed E-state index contributed by atoms with van der Waals surface area (Å²) in [5.74, 6) is 0.697. The Morgan fingerprint density at radius 3 is 2.46 bits per heavy atom. The van der Waals surface area contributed by atoms with Gasteiger partial charge in [-0.3, -0.25) is 9.59 Å². The van der Waals surface area contributed by atoms with Crippen molar-refractivity contribution in [2.45, 2.75) is 26.7 Å². The van der Waals surface area contributed by atoms with E-state index in [0.29, 0.717) is 34.1 Å². The second kappa shape index (κ2) is 10.2. The largest absolute Gasteiger partial charge is 0.484 e. The van der Waals surface area contributed by atoms with Gasteiger partial charge in [-0.25, -0.2) is 4.39 Å². The Morgan fingerprint density at radius 1 is 1.06 bits per heavy atom. The molecule has 0 saturated heterocycles. The van der Waals surface area contributed by atoms with Crippen molar-refractivity contribution >= 4 is 34.2 Å². The van der Waals surface area contributed by atoms with Gasteiger partial charge in [0.2, 0.25) is 11.2 Å². The molecule has 6 nitrogen and oxygen atoms in total. The Morgan fingerprint density at radius 2 is 1.77 bits per heavy atom. The number of anilines is 1. The highest BCUT2D eigenvalue weighted by Crippen LogP contribution is 2.28. The second-order valence-electron chi connectivity index (χ2n) is 8.26. The van der Waals surface area contributed by atoms with Gasteiger partial charge in [0.25, 0.3) is 5.91 Å². The van der Waals surface area contributed by atoms with Gasteiger partial charge in [-0.2, -0.15) is 0 Å². The maximum absolute atomic E-state index is 13.2. The molecule has 0 bridgehead atoms. The van der Waals surface area contributed by atoms with E-state index in [2.05, 4.69) is 19.2 Å². The van der Waals surface area contributed by atoms with Crippen molar-refractivity contribution in [3.05, 3.63) is 93.1 Å². The van der Waals surface area contributed by atoms with Gasteiger partial charge in [-0.05, 0) is 60.9 Å². The smallest absolute Gasteiger partial charge is 0.262 e. The zero-order chi connectivity index (χ0) is 25.1. The average molecular weight is 496 g/mol. The minimum Gasteiger partial charge on any atom is -0.484 e. The van der Waals surface area contributed by atoms with E-state index in [4.69, 9.17) is 25.5 Å². The molecule has 1 heterocycles. The predicted octanol–water partition coefficient (Wildman–Crippen LogP) is 6.83. The zero-order valence-electron chi connectivity index (χ0n) is 19.4. The standard InChI is InChI=1S/C27H23ClFNO5/c1-15(2)17-4-7-19(8-5-17)35-27-16(3)34-24-13-20(9-10-21(24)26(27)32)33-14-25(31)30-23-11-6-18(29)12-22(23)28/h4-13,15H,14H2,1-3H3,(H,30,31). The Balaban J connectivity index is 1.48. The van der Waals surface area contributed by atoms with Gasteiger partial charge in [0.15, 0.2) is 6.61 Å². The lowest BCUT2D eigenvalue weighted by Gasteiger charge is -2.11. The SMILES string of the molecule is Cc1oc2cc(OCC(=O)Nc3ccc(F)cc3Cl)ccc2c(=O)c1Oc1ccc(C(C)C)cc1. The van der Waals surface area contributed by atoms with Crippen molar-refractivity contribution < 1.29 is 23.1 Å². The molecule has 0 aliphatic carbocycles. The number of hydrogen-bond acceptors (Lipinski definition) is 5. The van der Waals surface area contributed by atoms with Crippen molar-refractivity contribution in [1.82, 2.24) is 0 Å². The third kappa shape index (κ3) is 5.63. The van der Waals surface area contributed by atoms with Gasteiger partial charge in [0, 0.05) is 6.07 Å². The van der Waals surface area contributed by atoms with Crippen LogP contribution in [0.4, 0.5) is 10.1 Å². The first-order valence-electron chi connectivity index (χ1n) is 10.9. The van der Waals surface area contributed by atoms with Crippen LogP contribution in [0.2, 0.25) is 5.02 Å². The minimum absolute atomic E-state index is 0.0789. The number of halogens is 2. The van der Waals surface area contributed by atoms with Crippen molar-refractivity contribution in [2.75, 3.05) is 11.9 Å². The topological polar surface area (TPSA) is 77.8 Å². The summed E-state index contributed by atoms with van der Waals surface area (Å²) in [7, 11) is 0. The van der Waals surface area contributed by atoms with Crippen LogP contribution >= 0.6 is 11.6 Å².